The quantitative estimate of drug-likeness (QED) is 0.680. The van der Waals surface area contributed by atoms with Crippen LogP contribution in [0.5, 0.6) is 0 Å². The van der Waals surface area contributed by atoms with Gasteiger partial charge in [-0.25, -0.2) is 4.79 Å². The van der Waals surface area contributed by atoms with Crippen LogP contribution in [-0.4, -0.2) is 29.1 Å². The molecule has 1 aromatic carbocycles. The van der Waals surface area contributed by atoms with E-state index >= 15 is 0 Å². The Morgan fingerprint density at radius 2 is 2.29 bits per heavy atom. The van der Waals surface area contributed by atoms with Gasteiger partial charge in [-0.1, -0.05) is 6.92 Å². The average molecular weight is 254 g/mol. The molecular formula is C12H18N2O2S. The molecule has 1 aromatic rings. The number of nitrogens with one attached hydrogen (secondary N) is 1. The fraction of sp³-hybridized carbons (Fsp3) is 0.417. The zero-order valence-corrected chi connectivity index (χ0v) is 10.9. The van der Waals surface area contributed by atoms with Crippen molar-refractivity contribution in [2.75, 3.05) is 23.1 Å². The summed E-state index contributed by atoms with van der Waals surface area (Å²) in [4.78, 5) is 10.8. The monoisotopic (exact) mass is 254 g/mol. The van der Waals surface area contributed by atoms with Gasteiger partial charge in [-0.3, -0.25) is 0 Å². The van der Waals surface area contributed by atoms with Crippen LogP contribution in [0.4, 0.5) is 11.4 Å². The highest BCUT2D eigenvalue weighted by Gasteiger charge is 2.10. The summed E-state index contributed by atoms with van der Waals surface area (Å²) in [6.07, 6.45) is 3.08. The standard InChI is InChI=1S/C12H18N2O2S/c1-3-8(7-17-2)14-9-4-5-10(12(15)16)11(13)6-9/h4-6,8,14H,3,7,13H2,1-2H3,(H,15,16). The Balaban J connectivity index is 2.79. The van der Waals surface area contributed by atoms with Crippen LogP contribution in [0.3, 0.4) is 0 Å². The average Bonchev–Trinajstić information content (AvgIpc) is 2.28. The Labute approximate surface area is 106 Å². The number of carboxylic acids is 1. The fourth-order valence-electron chi connectivity index (χ4n) is 1.55. The molecule has 1 rings (SSSR count). The summed E-state index contributed by atoms with van der Waals surface area (Å²) in [7, 11) is 0. The number of aromatic carboxylic acids is 1. The molecule has 0 aliphatic rings. The van der Waals surface area contributed by atoms with Crippen LogP contribution in [0.15, 0.2) is 18.2 Å². The molecule has 0 radical (unpaired) electrons. The highest BCUT2D eigenvalue weighted by molar-refractivity contribution is 7.98. The molecule has 5 heteroatoms. The highest BCUT2D eigenvalue weighted by Crippen LogP contribution is 2.19. The topological polar surface area (TPSA) is 75.3 Å². The second kappa shape index (κ2) is 6.39. The summed E-state index contributed by atoms with van der Waals surface area (Å²) in [6, 6.07) is 5.33. The lowest BCUT2D eigenvalue weighted by Gasteiger charge is -2.17. The Hall–Kier alpha value is -1.36. The lowest BCUT2D eigenvalue weighted by Crippen LogP contribution is -2.21. The summed E-state index contributed by atoms with van der Waals surface area (Å²) < 4.78 is 0. The minimum absolute atomic E-state index is 0.147. The van der Waals surface area contributed by atoms with Crippen LogP contribution in [0.25, 0.3) is 0 Å². The molecule has 4 N–H and O–H groups in total. The van der Waals surface area contributed by atoms with E-state index in [9.17, 15) is 4.79 Å². The number of nitrogen functional groups attached to an aromatic ring is 1. The van der Waals surface area contributed by atoms with Crippen LogP contribution in [0.1, 0.15) is 23.7 Å². The first kappa shape index (κ1) is 13.7. The van der Waals surface area contributed by atoms with E-state index in [1.807, 2.05) is 0 Å². The summed E-state index contributed by atoms with van der Waals surface area (Å²) in [6.45, 7) is 2.11. The van der Waals surface area contributed by atoms with Gasteiger partial charge in [0.15, 0.2) is 0 Å². The summed E-state index contributed by atoms with van der Waals surface area (Å²) in [5.41, 5.74) is 7.00. The van der Waals surface area contributed by atoms with Gasteiger partial charge in [0.05, 0.1) is 5.56 Å². The Bertz CT molecular complexity index is 396. The normalized spacial score (nSPS) is 12.1. The largest absolute Gasteiger partial charge is 0.478 e. The SMILES string of the molecule is CCC(CSC)Nc1ccc(C(=O)O)c(N)c1. The number of thioether (sulfide) groups is 1. The number of hydrogen-bond acceptors (Lipinski definition) is 4. The zero-order valence-electron chi connectivity index (χ0n) is 10.1. The molecule has 1 unspecified atom stereocenters. The predicted octanol–water partition coefficient (Wildman–Crippen LogP) is 2.52. The van der Waals surface area contributed by atoms with Gasteiger partial charge in [0.25, 0.3) is 0 Å². The van der Waals surface area contributed by atoms with Gasteiger partial charge < -0.3 is 16.2 Å². The number of carboxylic acid groups (broad SMARTS) is 1. The van der Waals surface area contributed by atoms with Crippen molar-refractivity contribution in [1.82, 2.24) is 0 Å². The molecule has 0 amide bonds. The lowest BCUT2D eigenvalue weighted by atomic mass is 10.1. The van der Waals surface area contributed by atoms with Crippen LogP contribution < -0.4 is 11.1 Å². The molecule has 0 aliphatic heterocycles. The first-order valence-electron chi connectivity index (χ1n) is 5.46. The van der Waals surface area contributed by atoms with Gasteiger partial charge >= 0.3 is 5.97 Å². The Morgan fingerprint density at radius 3 is 2.76 bits per heavy atom. The molecule has 0 fully saturated rings. The molecule has 0 aliphatic carbocycles. The highest BCUT2D eigenvalue weighted by atomic mass is 32.2. The summed E-state index contributed by atoms with van der Waals surface area (Å²) in [5, 5.41) is 12.2. The third-order valence-electron chi connectivity index (χ3n) is 2.51. The number of rotatable bonds is 6. The predicted molar refractivity (Wildman–Crippen MR) is 73.9 cm³/mol. The maximum atomic E-state index is 10.8. The van der Waals surface area contributed by atoms with Gasteiger partial charge in [0.1, 0.15) is 0 Å². The molecular weight excluding hydrogens is 236 g/mol. The third kappa shape index (κ3) is 3.85. The van der Waals surface area contributed by atoms with E-state index in [2.05, 4.69) is 18.5 Å². The number of nitrogens with two attached hydrogens (primary N) is 1. The van der Waals surface area contributed by atoms with E-state index in [-0.39, 0.29) is 5.56 Å². The van der Waals surface area contributed by atoms with Gasteiger partial charge in [-0.15, -0.1) is 0 Å². The second-order valence-corrected chi connectivity index (χ2v) is 4.72. The lowest BCUT2D eigenvalue weighted by molar-refractivity contribution is 0.0698. The fourth-order valence-corrected chi connectivity index (χ4v) is 2.27. The van der Waals surface area contributed by atoms with Crippen molar-refractivity contribution in [3.63, 3.8) is 0 Å². The molecule has 0 heterocycles. The number of carbonyl (C=O) groups is 1. The van der Waals surface area contributed by atoms with Crippen molar-refractivity contribution in [1.29, 1.82) is 0 Å². The van der Waals surface area contributed by atoms with E-state index < -0.39 is 5.97 Å². The van der Waals surface area contributed by atoms with Crippen LogP contribution in [-0.2, 0) is 0 Å². The van der Waals surface area contributed by atoms with E-state index in [4.69, 9.17) is 10.8 Å². The smallest absolute Gasteiger partial charge is 0.337 e. The van der Waals surface area contributed by atoms with Crippen molar-refractivity contribution in [3.8, 4) is 0 Å². The third-order valence-corrected chi connectivity index (χ3v) is 3.25. The van der Waals surface area contributed by atoms with E-state index in [0.717, 1.165) is 17.9 Å². The van der Waals surface area contributed by atoms with E-state index in [1.165, 1.54) is 6.07 Å². The molecule has 17 heavy (non-hydrogen) atoms. The maximum absolute atomic E-state index is 10.8. The van der Waals surface area contributed by atoms with Gasteiger partial charge in [0, 0.05) is 23.2 Å². The summed E-state index contributed by atoms with van der Waals surface area (Å²) in [5.74, 6) is 0.0158. The molecule has 0 saturated heterocycles. The van der Waals surface area contributed by atoms with E-state index in [0.29, 0.717) is 11.7 Å². The maximum Gasteiger partial charge on any atom is 0.337 e. The molecule has 94 valence electrons. The van der Waals surface area contributed by atoms with Crippen molar-refractivity contribution in [3.05, 3.63) is 23.8 Å². The van der Waals surface area contributed by atoms with Gasteiger partial charge in [-0.05, 0) is 30.9 Å². The number of anilines is 2. The van der Waals surface area contributed by atoms with Gasteiger partial charge in [0.2, 0.25) is 0 Å². The van der Waals surface area contributed by atoms with Crippen LogP contribution in [0, 0.1) is 0 Å². The van der Waals surface area contributed by atoms with Crippen molar-refractivity contribution in [2.24, 2.45) is 0 Å². The number of hydrogen-bond donors (Lipinski definition) is 3. The van der Waals surface area contributed by atoms with Gasteiger partial charge in [-0.2, -0.15) is 11.8 Å². The van der Waals surface area contributed by atoms with Crippen molar-refractivity contribution in [2.45, 2.75) is 19.4 Å². The molecule has 0 aromatic heterocycles. The minimum Gasteiger partial charge on any atom is -0.478 e. The Kier molecular flexibility index (Phi) is 5.15. The zero-order chi connectivity index (χ0) is 12.8. The first-order valence-corrected chi connectivity index (χ1v) is 6.86. The second-order valence-electron chi connectivity index (χ2n) is 3.81. The summed E-state index contributed by atoms with van der Waals surface area (Å²) >= 11 is 1.78. The molecule has 0 spiro atoms. The van der Waals surface area contributed by atoms with Crippen LogP contribution >= 0.6 is 11.8 Å². The first-order chi connectivity index (χ1) is 8.08. The minimum atomic E-state index is -0.995. The number of benzene rings is 1. The van der Waals surface area contributed by atoms with Crippen molar-refractivity contribution >= 4 is 29.1 Å². The molecule has 0 saturated carbocycles. The van der Waals surface area contributed by atoms with E-state index in [1.54, 1.807) is 23.9 Å². The molecule has 1 atom stereocenters. The molecule has 4 nitrogen and oxygen atoms in total. The van der Waals surface area contributed by atoms with Crippen molar-refractivity contribution < 1.29 is 9.90 Å². The Morgan fingerprint density at radius 1 is 1.59 bits per heavy atom. The van der Waals surface area contributed by atoms with Crippen LogP contribution in [0.2, 0.25) is 0 Å². The molecule has 0 bridgehead atoms.